The molecule has 2 aromatic rings. The molecule has 0 radical (unpaired) electrons. The largest absolute Gasteiger partial charge is 0.349 e. The third-order valence-electron chi connectivity index (χ3n) is 11.1. The monoisotopic (exact) mass is 494 g/mol. The number of fused-ring (bicyclic) bond motifs is 6. The molecular formula is C29H39FN4O2. The van der Waals surface area contributed by atoms with Gasteiger partial charge in [0.15, 0.2) is 6.17 Å². The summed E-state index contributed by atoms with van der Waals surface area (Å²) in [5.74, 6) is 2.11. The van der Waals surface area contributed by atoms with Gasteiger partial charge in [-0.3, -0.25) is 9.59 Å². The number of likely N-dealkylation sites (tertiary alicyclic amines) is 1. The minimum atomic E-state index is -1.38. The number of imidazole rings is 1. The molecule has 1 N–H and O–H groups in total. The molecule has 2 amide bonds. The predicted octanol–water partition coefficient (Wildman–Crippen LogP) is 4.62. The number of benzene rings is 1. The Bertz CT molecular complexity index is 1210. The lowest BCUT2D eigenvalue weighted by Gasteiger charge is -2.62. The van der Waals surface area contributed by atoms with Gasteiger partial charge in [0, 0.05) is 26.1 Å². The smallest absolute Gasteiger partial charge is 0.257 e. The Morgan fingerprint density at radius 3 is 2.61 bits per heavy atom. The fourth-order valence-electron chi connectivity index (χ4n) is 9.28. The number of hydrogen-bond acceptors (Lipinski definition) is 3. The first kappa shape index (κ1) is 23.9. The van der Waals surface area contributed by atoms with E-state index in [9.17, 15) is 14.0 Å². The van der Waals surface area contributed by atoms with Gasteiger partial charge in [0.25, 0.3) is 5.91 Å². The van der Waals surface area contributed by atoms with Crippen molar-refractivity contribution in [3.05, 3.63) is 30.1 Å². The van der Waals surface area contributed by atoms with Gasteiger partial charge in [-0.1, -0.05) is 26.0 Å². The number of aromatic nitrogens is 2. The molecule has 8 atom stereocenters. The van der Waals surface area contributed by atoms with E-state index in [0.29, 0.717) is 30.7 Å². The molecule has 4 fully saturated rings. The summed E-state index contributed by atoms with van der Waals surface area (Å²) in [7, 11) is 3.80. The van der Waals surface area contributed by atoms with Gasteiger partial charge in [-0.2, -0.15) is 0 Å². The zero-order chi connectivity index (χ0) is 25.4. The SMILES string of the molecule is CN1C(=O)[C@H](F)C[C@]2(C)C3CC[C@]4(C)[C@@H](C(=O)NCc5nc6ccccc6n5C)CC[C@H]4C3CC[C@@H]12. The van der Waals surface area contributed by atoms with Crippen molar-refractivity contribution in [3.8, 4) is 0 Å². The first-order valence-electron chi connectivity index (χ1n) is 13.7. The average Bonchev–Trinajstić information content (AvgIpc) is 3.38. The van der Waals surface area contributed by atoms with Crippen molar-refractivity contribution < 1.29 is 14.0 Å². The van der Waals surface area contributed by atoms with E-state index in [-0.39, 0.29) is 34.6 Å². The molecule has 194 valence electrons. The summed E-state index contributed by atoms with van der Waals surface area (Å²) in [5, 5.41) is 3.23. The van der Waals surface area contributed by atoms with Crippen LogP contribution in [0.4, 0.5) is 4.39 Å². The lowest BCUT2D eigenvalue weighted by molar-refractivity contribution is -0.169. The van der Waals surface area contributed by atoms with Crippen LogP contribution in [0.15, 0.2) is 24.3 Å². The summed E-state index contributed by atoms with van der Waals surface area (Å²) in [6, 6.07) is 8.18. The molecule has 1 aliphatic heterocycles. The van der Waals surface area contributed by atoms with Gasteiger partial charge in [-0.15, -0.1) is 0 Å². The maximum Gasteiger partial charge on any atom is 0.257 e. The summed E-state index contributed by atoms with van der Waals surface area (Å²) >= 11 is 0. The molecule has 1 aromatic heterocycles. The van der Waals surface area contributed by atoms with Crippen molar-refractivity contribution in [1.29, 1.82) is 0 Å². The number of alkyl halides is 1. The van der Waals surface area contributed by atoms with Gasteiger partial charge in [-0.25, -0.2) is 9.37 Å². The summed E-state index contributed by atoms with van der Waals surface area (Å²) in [6.07, 6.45) is 5.01. The Labute approximate surface area is 213 Å². The summed E-state index contributed by atoms with van der Waals surface area (Å²) < 4.78 is 16.8. The van der Waals surface area contributed by atoms with E-state index in [1.165, 1.54) is 0 Å². The van der Waals surface area contributed by atoms with Crippen LogP contribution in [0.5, 0.6) is 0 Å². The molecule has 2 unspecified atom stereocenters. The van der Waals surface area contributed by atoms with Crippen LogP contribution in [0, 0.1) is 34.5 Å². The molecule has 1 aromatic carbocycles. The normalized spacial score (nSPS) is 40.0. The molecule has 1 saturated heterocycles. The highest BCUT2D eigenvalue weighted by atomic mass is 19.1. The van der Waals surface area contributed by atoms with Crippen LogP contribution in [-0.2, 0) is 23.2 Å². The van der Waals surface area contributed by atoms with Gasteiger partial charge in [0.1, 0.15) is 5.82 Å². The standard InChI is InChI=1S/C29H39FN4O2/c1-28-14-13-19-17(9-12-24-29(19,2)15-21(30)27(36)34(24)4)18(28)10-11-20(28)26(35)31-16-25-32-22-7-5-6-8-23(22)33(25)3/h5-8,17-21,24H,9-16H2,1-4H3,(H,31,35)/t17?,18-,19?,20+,21+,24+,28-,29+/m0/s1. The zero-order valence-electron chi connectivity index (χ0n) is 22.0. The maximum atomic E-state index is 14.8. The number of carbonyl (C=O) groups excluding carboxylic acids is 2. The predicted molar refractivity (Wildman–Crippen MR) is 137 cm³/mol. The lowest BCUT2D eigenvalue weighted by Crippen LogP contribution is -2.64. The van der Waals surface area contributed by atoms with Gasteiger partial charge < -0.3 is 14.8 Å². The highest BCUT2D eigenvalue weighted by molar-refractivity contribution is 5.82. The molecule has 2 heterocycles. The second-order valence-electron chi connectivity index (χ2n) is 12.6. The first-order valence-corrected chi connectivity index (χ1v) is 13.7. The number of amides is 2. The average molecular weight is 495 g/mol. The number of rotatable bonds is 3. The summed E-state index contributed by atoms with van der Waals surface area (Å²) in [5.41, 5.74) is 1.83. The number of para-hydroxylation sites is 2. The second kappa shape index (κ2) is 8.29. The Hall–Kier alpha value is -2.44. The maximum absolute atomic E-state index is 14.8. The van der Waals surface area contributed by atoms with Crippen molar-refractivity contribution in [3.63, 3.8) is 0 Å². The number of carbonyl (C=O) groups is 2. The number of aryl methyl sites for hydroxylation is 1. The fourth-order valence-corrected chi connectivity index (χ4v) is 9.28. The van der Waals surface area contributed by atoms with Crippen LogP contribution in [0.2, 0.25) is 0 Å². The molecule has 4 aliphatic rings. The van der Waals surface area contributed by atoms with E-state index < -0.39 is 6.17 Å². The highest BCUT2D eigenvalue weighted by Gasteiger charge is 2.63. The third-order valence-corrected chi connectivity index (χ3v) is 11.1. The highest BCUT2D eigenvalue weighted by Crippen LogP contribution is 2.66. The van der Waals surface area contributed by atoms with Crippen LogP contribution in [0.1, 0.15) is 64.6 Å². The van der Waals surface area contributed by atoms with E-state index in [4.69, 9.17) is 4.98 Å². The van der Waals surface area contributed by atoms with Crippen LogP contribution in [0.25, 0.3) is 11.0 Å². The Morgan fingerprint density at radius 2 is 1.83 bits per heavy atom. The topological polar surface area (TPSA) is 67.2 Å². The van der Waals surface area contributed by atoms with Crippen molar-refractivity contribution in [1.82, 2.24) is 19.8 Å². The second-order valence-corrected chi connectivity index (χ2v) is 12.6. The van der Waals surface area contributed by atoms with E-state index in [1.54, 1.807) is 11.9 Å². The van der Waals surface area contributed by atoms with E-state index in [0.717, 1.165) is 55.4 Å². The van der Waals surface area contributed by atoms with E-state index in [2.05, 4.69) is 29.8 Å². The quantitative estimate of drug-likeness (QED) is 0.677. The van der Waals surface area contributed by atoms with Crippen LogP contribution < -0.4 is 5.32 Å². The molecular weight excluding hydrogens is 455 g/mol. The van der Waals surface area contributed by atoms with Crippen molar-refractivity contribution in [2.24, 2.45) is 41.5 Å². The fraction of sp³-hybridized carbons (Fsp3) is 0.690. The minimum absolute atomic E-state index is 0.00759. The summed E-state index contributed by atoms with van der Waals surface area (Å²) in [4.78, 5) is 32.3. The third kappa shape index (κ3) is 3.30. The van der Waals surface area contributed by atoms with E-state index in [1.807, 2.05) is 25.2 Å². The van der Waals surface area contributed by atoms with Gasteiger partial charge in [-0.05, 0) is 85.7 Å². The number of nitrogens with one attached hydrogen (secondary N) is 1. The molecule has 36 heavy (non-hydrogen) atoms. The van der Waals surface area contributed by atoms with Gasteiger partial charge in [0.05, 0.1) is 17.6 Å². The van der Waals surface area contributed by atoms with Gasteiger partial charge >= 0.3 is 0 Å². The minimum Gasteiger partial charge on any atom is -0.349 e. The van der Waals surface area contributed by atoms with Crippen LogP contribution >= 0.6 is 0 Å². The summed E-state index contributed by atoms with van der Waals surface area (Å²) in [6.45, 7) is 5.01. The number of nitrogens with zero attached hydrogens (tertiary/aromatic N) is 3. The molecule has 3 aliphatic carbocycles. The van der Waals surface area contributed by atoms with E-state index >= 15 is 0 Å². The van der Waals surface area contributed by atoms with Crippen molar-refractivity contribution in [2.45, 2.75) is 77.6 Å². The zero-order valence-corrected chi connectivity index (χ0v) is 22.0. The Balaban J connectivity index is 1.18. The first-order chi connectivity index (χ1) is 17.1. The number of piperidine rings is 1. The Kier molecular flexibility index (Phi) is 5.51. The van der Waals surface area contributed by atoms with Gasteiger partial charge in [0.2, 0.25) is 5.91 Å². The Morgan fingerprint density at radius 1 is 1.08 bits per heavy atom. The molecule has 6 rings (SSSR count). The number of hydrogen-bond donors (Lipinski definition) is 1. The van der Waals surface area contributed by atoms with Crippen molar-refractivity contribution >= 4 is 22.8 Å². The van der Waals surface area contributed by atoms with Crippen molar-refractivity contribution in [2.75, 3.05) is 7.05 Å². The lowest BCUT2D eigenvalue weighted by atomic mass is 9.46. The molecule has 0 bridgehead atoms. The van der Waals surface area contributed by atoms with Crippen LogP contribution in [0.3, 0.4) is 0 Å². The van der Waals surface area contributed by atoms with Crippen LogP contribution in [-0.4, -0.2) is 45.5 Å². The number of halogens is 1. The molecule has 3 saturated carbocycles. The molecule has 0 spiro atoms. The molecule has 7 heteroatoms. The molecule has 6 nitrogen and oxygen atoms in total.